The summed E-state index contributed by atoms with van der Waals surface area (Å²) in [5.74, 6) is 0. The lowest BCUT2D eigenvalue weighted by atomic mass is 10.2. The summed E-state index contributed by atoms with van der Waals surface area (Å²) in [6, 6.07) is 5.71. The van der Waals surface area contributed by atoms with Crippen molar-refractivity contribution in [1.29, 1.82) is 0 Å². The van der Waals surface area contributed by atoms with E-state index in [0.717, 1.165) is 15.4 Å². The molecule has 0 radical (unpaired) electrons. The van der Waals surface area contributed by atoms with Crippen molar-refractivity contribution in [2.24, 2.45) is 0 Å². The maximum atomic E-state index is 5.84. The minimum Gasteiger partial charge on any atom is -0.236 e. The Hall–Kier alpha value is -0.670. The van der Waals surface area contributed by atoms with Gasteiger partial charge in [-0.1, -0.05) is 27.5 Å². The monoisotopic (exact) mass is 242 g/mol. The average Bonchev–Trinajstić information content (AvgIpc) is 2.04. The summed E-state index contributed by atoms with van der Waals surface area (Å²) >= 11 is 9.20. The quantitative estimate of drug-likeness (QED) is 0.665. The lowest BCUT2D eigenvalue weighted by Gasteiger charge is -1.97. The Morgan fingerprint density at radius 2 is 2.08 bits per heavy atom. The van der Waals surface area contributed by atoms with Crippen molar-refractivity contribution in [3.63, 3.8) is 0 Å². The number of aromatic nitrogens is 2. The number of nitrogens with zero attached hydrogens (tertiary/aromatic N) is 2. The second-order valence-electron chi connectivity index (χ2n) is 2.33. The highest BCUT2D eigenvalue weighted by Gasteiger charge is 1.99. The Bertz CT molecular complexity index is 430. The van der Waals surface area contributed by atoms with Crippen molar-refractivity contribution in [3.8, 4) is 0 Å². The number of rotatable bonds is 0. The molecule has 60 valence electrons. The Morgan fingerprint density at radius 1 is 1.25 bits per heavy atom. The van der Waals surface area contributed by atoms with E-state index in [1.807, 2.05) is 18.2 Å². The summed E-state index contributed by atoms with van der Waals surface area (Å²) in [6.07, 6.45) is 1.46. The number of hydrogen-bond acceptors (Lipinski definition) is 2. The molecule has 0 unspecified atom stereocenters. The van der Waals surface area contributed by atoms with Crippen LogP contribution in [-0.4, -0.2) is 9.97 Å². The number of benzene rings is 1. The van der Waals surface area contributed by atoms with Crippen LogP contribution in [0.3, 0.4) is 0 Å². The van der Waals surface area contributed by atoms with Gasteiger partial charge in [0.05, 0.1) is 5.52 Å². The molecule has 0 atom stereocenters. The van der Waals surface area contributed by atoms with Crippen LogP contribution in [0.1, 0.15) is 0 Å². The first-order valence-corrected chi connectivity index (χ1v) is 4.50. The van der Waals surface area contributed by atoms with E-state index in [-0.39, 0.29) is 0 Å². The van der Waals surface area contributed by atoms with Gasteiger partial charge in [0, 0.05) is 9.86 Å². The van der Waals surface area contributed by atoms with Crippen LogP contribution in [0.25, 0.3) is 10.9 Å². The van der Waals surface area contributed by atoms with Crippen LogP contribution in [0, 0.1) is 0 Å². The third-order valence-corrected chi connectivity index (χ3v) is 2.34. The van der Waals surface area contributed by atoms with Crippen LogP contribution in [-0.2, 0) is 0 Å². The number of fused-ring (bicyclic) bond motifs is 1. The zero-order chi connectivity index (χ0) is 8.55. The molecule has 0 aliphatic heterocycles. The second kappa shape index (κ2) is 2.99. The molecule has 1 heterocycles. The second-order valence-corrected chi connectivity index (χ2v) is 3.60. The van der Waals surface area contributed by atoms with Crippen LogP contribution in [0.2, 0.25) is 5.15 Å². The third-order valence-electron chi connectivity index (χ3n) is 1.55. The van der Waals surface area contributed by atoms with Gasteiger partial charge in [-0.05, 0) is 18.2 Å². The summed E-state index contributed by atoms with van der Waals surface area (Å²) in [5.41, 5.74) is 0.851. The van der Waals surface area contributed by atoms with Crippen molar-refractivity contribution in [3.05, 3.63) is 34.2 Å². The highest BCUT2D eigenvalue weighted by atomic mass is 79.9. The first kappa shape index (κ1) is 7.95. The summed E-state index contributed by atoms with van der Waals surface area (Å²) in [6.45, 7) is 0. The molecule has 0 bridgehead atoms. The van der Waals surface area contributed by atoms with Gasteiger partial charge in [-0.2, -0.15) is 0 Å². The fourth-order valence-corrected chi connectivity index (χ4v) is 1.55. The summed E-state index contributed by atoms with van der Waals surface area (Å²) < 4.78 is 0.991. The van der Waals surface area contributed by atoms with Crippen molar-refractivity contribution >= 4 is 38.4 Å². The average molecular weight is 243 g/mol. The van der Waals surface area contributed by atoms with E-state index >= 15 is 0 Å². The van der Waals surface area contributed by atoms with Crippen molar-refractivity contribution < 1.29 is 0 Å². The van der Waals surface area contributed by atoms with Crippen molar-refractivity contribution in [2.45, 2.75) is 0 Å². The number of halogens is 2. The molecule has 2 nitrogen and oxygen atoms in total. The molecule has 4 heteroatoms. The summed E-state index contributed by atoms with van der Waals surface area (Å²) in [5, 5.41) is 1.37. The van der Waals surface area contributed by atoms with Gasteiger partial charge >= 0.3 is 0 Å². The van der Waals surface area contributed by atoms with Gasteiger partial charge in [0.25, 0.3) is 0 Å². The van der Waals surface area contributed by atoms with Gasteiger partial charge in [0.15, 0.2) is 0 Å². The minimum atomic E-state index is 0.493. The standard InChI is InChI=1S/C8H4BrClN2/c9-5-1-2-6-7(3-5)11-4-12-8(6)10/h1-4H. The third kappa shape index (κ3) is 1.30. The minimum absolute atomic E-state index is 0.493. The molecule has 1 aromatic carbocycles. The van der Waals surface area contributed by atoms with Gasteiger partial charge in [0.1, 0.15) is 11.5 Å². The molecule has 0 N–H and O–H groups in total. The predicted octanol–water partition coefficient (Wildman–Crippen LogP) is 3.05. The molecule has 0 fully saturated rings. The normalized spacial score (nSPS) is 10.5. The maximum Gasteiger partial charge on any atom is 0.140 e. The Labute approximate surface area is 82.7 Å². The summed E-state index contributed by atoms with van der Waals surface area (Å²) in [4.78, 5) is 7.95. The van der Waals surface area contributed by atoms with E-state index in [1.54, 1.807) is 0 Å². The molecule has 0 amide bonds. The van der Waals surface area contributed by atoms with Crippen LogP contribution in [0.15, 0.2) is 29.0 Å². The first-order chi connectivity index (χ1) is 5.77. The molecule has 2 rings (SSSR count). The summed E-state index contributed by atoms with van der Waals surface area (Å²) in [7, 11) is 0. The Kier molecular flexibility index (Phi) is 1.98. The molecule has 0 aliphatic rings. The van der Waals surface area contributed by atoms with Crippen LogP contribution in [0.5, 0.6) is 0 Å². The molecular weight excluding hydrogens is 239 g/mol. The molecular formula is C8H4BrClN2. The van der Waals surface area contributed by atoms with Gasteiger partial charge in [-0.15, -0.1) is 0 Å². The van der Waals surface area contributed by atoms with E-state index < -0.39 is 0 Å². The molecule has 0 aliphatic carbocycles. The lowest BCUT2D eigenvalue weighted by Crippen LogP contribution is -1.82. The fourth-order valence-electron chi connectivity index (χ4n) is 0.997. The Balaban J connectivity index is 2.86. The zero-order valence-electron chi connectivity index (χ0n) is 5.96. The molecule has 12 heavy (non-hydrogen) atoms. The van der Waals surface area contributed by atoms with E-state index in [4.69, 9.17) is 11.6 Å². The predicted molar refractivity (Wildman–Crippen MR) is 52.2 cm³/mol. The SMILES string of the molecule is Clc1ncnc2cc(Br)ccc12. The van der Waals surface area contributed by atoms with Crippen LogP contribution in [0.4, 0.5) is 0 Å². The van der Waals surface area contributed by atoms with Crippen molar-refractivity contribution in [1.82, 2.24) is 9.97 Å². The topological polar surface area (TPSA) is 25.8 Å². The molecule has 2 aromatic rings. The molecule has 0 saturated heterocycles. The fraction of sp³-hybridized carbons (Fsp3) is 0. The van der Waals surface area contributed by atoms with Crippen LogP contribution < -0.4 is 0 Å². The Morgan fingerprint density at radius 3 is 2.92 bits per heavy atom. The van der Waals surface area contributed by atoms with E-state index in [0.29, 0.717) is 5.15 Å². The maximum absolute atomic E-state index is 5.84. The van der Waals surface area contributed by atoms with Gasteiger partial charge in [0.2, 0.25) is 0 Å². The van der Waals surface area contributed by atoms with E-state index in [1.165, 1.54) is 6.33 Å². The highest BCUT2D eigenvalue weighted by Crippen LogP contribution is 2.22. The van der Waals surface area contributed by atoms with Gasteiger partial charge in [-0.3, -0.25) is 0 Å². The molecule has 1 aromatic heterocycles. The van der Waals surface area contributed by atoms with Gasteiger partial charge < -0.3 is 0 Å². The van der Waals surface area contributed by atoms with Crippen LogP contribution >= 0.6 is 27.5 Å². The largest absolute Gasteiger partial charge is 0.236 e. The lowest BCUT2D eigenvalue weighted by molar-refractivity contribution is 1.22. The zero-order valence-corrected chi connectivity index (χ0v) is 8.30. The highest BCUT2D eigenvalue weighted by molar-refractivity contribution is 9.10. The first-order valence-electron chi connectivity index (χ1n) is 3.33. The molecule has 0 spiro atoms. The smallest absolute Gasteiger partial charge is 0.140 e. The van der Waals surface area contributed by atoms with Crippen molar-refractivity contribution in [2.75, 3.05) is 0 Å². The van der Waals surface area contributed by atoms with Gasteiger partial charge in [-0.25, -0.2) is 9.97 Å². The van der Waals surface area contributed by atoms with E-state index in [2.05, 4.69) is 25.9 Å². The number of hydrogen-bond donors (Lipinski definition) is 0. The molecule has 0 saturated carbocycles. The van der Waals surface area contributed by atoms with E-state index in [9.17, 15) is 0 Å².